The lowest BCUT2D eigenvalue weighted by Crippen LogP contribution is -2.67. The molecule has 0 spiro atoms. The van der Waals surface area contributed by atoms with Gasteiger partial charge in [-0.15, -0.1) is 0 Å². The summed E-state index contributed by atoms with van der Waals surface area (Å²) in [7, 11) is 0. The fourth-order valence-electron chi connectivity index (χ4n) is 5.36. The third kappa shape index (κ3) is 4.12. The van der Waals surface area contributed by atoms with E-state index in [-0.39, 0.29) is 36.4 Å². The molecule has 4 heterocycles. The quantitative estimate of drug-likeness (QED) is 0.762. The van der Waals surface area contributed by atoms with Crippen molar-refractivity contribution in [2.24, 2.45) is 11.8 Å². The van der Waals surface area contributed by atoms with Crippen molar-refractivity contribution < 1.29 is 19.5 Å². The van der Waals surface area contributed by atoms with Crippen LogP contribution in [0.4, 0.5) is 0 Å². The number of amides is 2. The number of hydrogen-bond acceptors (Lipinski definition) is 5. The molecule has 8 heteroatoms. The molecule has 0 unspecified atom stereocenters. The van der Waals surface area contributed by atoms with Crippen LogP contribution >= 0.6 is 0 Å². The van der Waals surface area contributed by atoms with E-state index in [2.05, 4.69) is 10.3 Å². The number of carbonyl (C=O) groups is 3. The van der Waals surface area contributed by atoms with Gasteiger partial charge >= 0.3 is 5.97 Å². The number of fused-ring (bicyclic) bond motifs is 4. The van der Waals surface area contributed by atoms with E-state index in [1.54, 1.807) is 18.3 Å². The molecule has 1 aromatic rings. The third-order valence-electron chi connectivity index (χ3n) is 6.58. The molecule has 3 aliphatic rings. The Labute approximate surface area is 170 Å². The second-order valence-corrected chi connectivity index (χ2v) is 8.57. The number of piperidine rings is 3. The number of nitrogens with one attached hydrogen (secondary N) is 1. The van der Waals surface area contributed by atoms with E-state index >= 15 is 0 Å². The lowest BCUT2D eigenvalue weighted by atomic mass is 9.72. The Balaban J connectivity index is 1.51. The highest BCUT2D eigenvalue weighted by Crippen LogP contribution is 2.41. The summed E-state index contributed by atoms with van der Waals surface area (Å²) in [6.45, 7) is 3.65. The Kier molecular flexibility index (Phi) is 5.54. The van der Waals surface area contributed by atoms with Crippen molar-refractivity contribution in [2.75, 3.05) is 26.2 Å². The van der Waals surface area contributed by atoms with Crippen molar-refractivity contribution in [1.82, 2.24) is 20.1 Å². The Bertz CT molecular complexity index is 796. The van der Waals surface area contributed by atoms with Crippen LogP contribution in [0.2, 0.25) is 0 Å². The van der Waals surface area contributed by atoms with Gasteiger partial charge in [0, 0.05) is 44.0 Å². The molecule has 0 aliphatic carbocycles. The van der Waals surface area contributed by atoms with Gasteiger partial charge in [-0.25, -0.2) is 0 Å². The maximum absolute atomic E-state index is 12.8. The Morgan fingerprint density at radius 2 is 2.07 bits per heavy atom. The number of rotatable bonds is 5. The fraction of sp³-hybridized carbons (Fsp3) is 0.619. The number of likely N-dealkylation sites (tertiary alicyclic amines) is 1. The monoisotopic (exact) mass is 400 g/mol. The van der Waals surface area contributed by atoms with E-state index in [1.165, 1.54) is 0 Å². The summed E-state index contributed by atoms with van der Waals surface area (Å²) in [5, 5.41) is 12.2. The minimum Gasteiger partial charge on any atom is -0.480 e. The van der Waals surface area contributed by atoms with Gasteiger partial charge in [-0.3, -0.25) is 24.3 Å². The number of aliphatic carboxylic acids is 1. The number of carboxylic acids is 1. The minimum absolute atomic E-state index is 0.0295. The molecule has 2 N–H and O–H groups in total. The van der Waals surface area contributed by atoms with Gasteiger partial charge in [0.05, 0.1) is 18.2 Å². The van der Waals surface area contributed by atoms with E-state index in [9.17, 15) is 19.5 Å². The predicted octanol–water partition coefficient (Wildman–Crippen LogP) is 0.906. The van der Waals surface area contributed by atoms with Crippen LogP contribution in [0.25, 0.3) is 0 Å². The highest BCUT2D eigenvalue weighted by Gasteiger charge is 2.49. The largest absolute Gasteiger partial charge is 0.480 e. The van der Waals surface area contributed by atoms with Crippen molar-refractivity contribution in [1.29, 1.82) is 0 Å². The zero-order valence-electron chi connectivity index (χ0n) is 16.7. The first-order valence-electron chi connectivity index (χ1n) is 10.4. The first kappa shape index (κ1) is 19.8. The molecule has 29 heavy (non-hydrogen) atoms. The van der Waals surface area contributed by atoms with Crippen molar-refractivity contribution in [3.63, 3.8) is 0 Å². The van der Waals surface area contributed by atoms with E-state index in [4.69, 9.17) is 0 Å². The van der Waals surface area contributed by atoms with Crippen LogP contribution in [0, 0.1) is 18.8 Å². The standard InChI is InChI=1S/C21H28N4O4/c1-13-5-6-14(8-22-13)21(29)23-9-18-16-7-15(10-24(11-16)12-20(27)28)17-3-2-4-19(26)25(17)18/h5-6,8,15-18H,2-4,7,9-12H2,1H3,(H,23,29)(H,27,28)/t15-,16+,17+,18+/m1/s1. The van der Waals surface area contributed by atoms with Crippen LogP contribution in [-0.2, 0) is 9.59 Å². The van der Waals surface area contributed by atoms with Crippen LogP contribution in [-0.4, -0.2) is 75.9 Å². The van der Waals surface area contributed by atoms with Gasteiger partial charge in [-0.05, 0) is 50.2 Å². The highest BCUT2D eigenvalue weighted by molar-refractivity contribution is 5.93. The Morgan fingerprint density at radius 1 is 1.28 bits per heavy atom. The zero-order chi connectivity index (χ0) is 20.5. The average molecular weight is 400 g/mol. The minimum atomic E-state index is -0.821. The summed E-state index contributed by atoms with van der Waals surface area (Å²) in [6, 6.07) is 3.60. The molecular weight excluding hydrogens is 372 g/mol. The number of pyridine rings is 1. The Hall–Kier alpha value is -2.48. The first-order chi connectivity index (χ1) is 13.9. The summed E-state index contributed by atoms with van der Waals surface area (Å²) >= 11 is 0. The van der Waals surface area contributed by atoms with Gasteiger partial charge in [0.15, 0.2) is 0 Å². The van der Waals surface area contributed by atoms with Crippen LogP contribution in [0.3, 0.4) is 0 Å². The highest BCUT2D eigenvalue weighted by atomic mass is 16.4. The van der Waals surface area contributed by atoms with Gasteiger partial charge in [-0.1, -0.05) is 0 Å². The number of hydrogen-bond donors (Lipinski definition) is 2. The number of carboxylic acid groups (broad SMARTS) is 1. The first-order valence-corrected chi connectivity index (χ1v) is 10.4. The van der Waals surface area contributed by atoms with Gasteiger partial charge < -0.3 is 15.3 Å². The summed E-state index contributed by atoms with van der Waals surface area (Å²) in [6.07, 6.45) is 4.94. The van der Waals surface area contributed by atoms with Crippen molar-refractivity contribution in [3.05, 3.63) is 29.6 Å². The van der Waals surface area contributed by atoms with Crippen LogP contribution in [0.15, 0.2) is 18.3 Å². The smallest absolute Gasteiger partial charge is 0.317 e. The predicted molar refractivity (Wildman–Crippen MR) is 105 cm³/mol. The molecule has 4 rings (SSSR count). The average Bonchev–Trinajstić information content (AvgIpc) is 2.68. The molecule has 3 saturated heterocycles. The van der Waals surface area contributed by atoms with E-state index in [0.29, 0.717) is 31.0 Å². The molecular formula is C21H28N4O4. The lowest BCUT2D eigenvalue weighted by molar-refractivity contribution is -0.154. The number of aryl methyl sites for hydroxylation is 1. The Morgan fingerprint density at radius 3 is 2.79 bits per heavy atom. The summed E-state index contributed by atoms with van der Waals surface area (Å²) in [5.74, 6) is -0.371. The number of nitrogens with zero attached hydrogens (tertiary/aromatic N) is 3. The van der Waals surface area contributed by atoms with Gasteiger partial charge in [-0.2, -0.15) is 0 Å². The SMILES string of the molecule is Cc1ccc(C(=O)NC[C@H]2[C@H]3C[C@H](CN(CC(=O)O)C3)[C@@H]3CCCC(=O)N32)cn1. The van der Waals surface area contributed by atoms with Gasteiger partial charge in [0.1, 0.15) is 0 Å². The van der Waals surface area contributed by atoms with E-state index in [0.717, 1.165) is 31.5 Å². The molecule has 3 fully saturated rings. The topological polar surface area (TPSA) is 103 Å². The maximum atomic E-state index is 12.8. The molecule has 2 bridgehead atoms. The van der Waals surface area contributed by atoms with Gasteiger partial charge in [0.25, 0.3) is 5.91 Å². The van der Waals surface area contributed by atoms with Gasteiger partial charge in [0.2, 0.25) is 5.91 Å². The van der Waals surface area contributed by atoms with Crippen LogP contribution < -0.4 is 5.32 Å². The zero-order valence-corrected chi connectivity index (χ0v) is 16.7. The number of carbonyl (C=O) groups excluding carboxylic acids is 2. The van der Waals surface area contributed by atoms with Crippen molar-refractivity contribution in [3.8, 4) is 0 Å². The van der Waals surface area contributed by atoms with Crippen molar-refractivity contribution >= 4 is 17.8 Å². The molecule has 3 aliphatic heterocycles. The molecule has 8 nitrogen and oxygen atoms in total. The summed E-state index contributed by atoms with van der Waals surface area (Å²) < 4.78 is 0. The van der Waals surface area contributed by atoms with E-state index < -0.39 is 5.97 Å². The molecule has 0 radical (unpaired) electrons. The second kappa shape index (κ2) is 8.10. The van der Waals surface area contributed by atoms with Crippen molar-refractivity contribution in [2.45, 2.75) is 44.7 Å². The molecule has 0 aromatic carbocycles. The second-order valence-electron chi connectivity index (χ2n) is 8.57. The third-order valence-corrected chi connectivity index (χ3v) is 6.58. The fourth-order valence-corrected chi connectivity index (χ4v) is 5.36. The molecule has 2 amide bonds. The molecule has 0 saturated carbocycles. The molecule has 156 valence electrons. The normalized spacial score (nSPS) is 29.3. The van der Waals surface area contributed by atoms with Crippen LogP contribution in [0.5, 0.6) is 0 Å². The maximum Gasteiger partial charge on any atom is 0.317 e. The van der Waals surface area contributed by atoms with Crippen LogP contribution in [0.1, 0.15) is 41.7 Å². The molecule has 1 aromatic heterocycles. The summed E-state index contributed by atoms with van der Waals surface area (Å²) in [5.41, 5.74) is 1.35. The summed E-state index contributed by atoms with van der Waals surface area (Å²) in [4.78, 5) is 44.8. The molecule has 4 atom stereocenters. The number of aromatic nitrogens is 1. The van der Waals surface area contributed by atoms with E-state index in [1.807, 2.05) is 16.7 Å². The lowest BCUT2D eigenvalue weighted by Gasteiger charge is -2.56.